The number of carbonyl (C=O) groups is 1. The van der Waals surface area contributed by atoms with Crippen LogP contribution in [0.5, 0.6) is 0 Å². The molecule has 0 aliphatic carbocycles. The van der Waals surface area contributed by atoms with Crippen LogP contribution in [0.1, 0.15) is 37.7 Å². The fourth-order valence-corrected chi connectivity index (χ4v) is 3.02. The first-order chi connectivity index (χ1) is 11.2. The number of hydrogen-bond acceptors (Lipinski definition) is 3. The number of rotatable bonds is 8. The Morgan fingerprint density at radius 1 is 1.30 bits per heavy atom. The minimum atomic E-state index is -0.0827. The third-order valence-electron chi connectivity index (χ3n) is 4.22. The molecule has 1 unspecified atom stereocenters. The van der Waals surface area contributed by atoms with Gasteiger partial charge in [-0.1, -0.05) is 37.1 Å². The number of benzene rings is 1. The molecule has 0 aromatic heterocycles. The van der Waals surface area contributed by atoms with E-state index in [2.05, 4.69) is 17.1 Å². The van der Waals surface area contributed by atoms with Crippen molar-refractivity contribution in [1.29, 1.82) is 0 Å². The van der Waals surface area contributed by atoms with Crippen molar-refractivity contribution in [2.24, 2.45) is 0 Å². The lowest BCUT2D eigenvalue weighted by Gasteiger charge is -2.26. The second-order valence-corrected chi connectivity index (χ2v) is 6.43. The Morgan fingerprint density at radius 3 is 2.65 bits per heavy atom. The first-order valence-electron chi connectivity index (χ1n) is 8.54. The summed E-state index contributed by atoms with van der Waals surface area (Å²) in [6.45, 7) is 7.49. The van der Waals surface area contributed by atoms with Crippen molar-refractivity contribution in [3.63, 3.8) is 0 Å². The van der Waals surface area contributed by atoms with Crippen LogP contribution in [0.15, 0.2) is 24.3 Å². The molecule has 128 valence electrons. The Balaban J connectivity index is 1.77. The van der Waals surface area contributed by atoms with Gasteiger partial charge in [0.25, 0.3) is 0 Å². The molecular formula is C18H27ClN2O2. The predicted octanol–water partition coefficient (Wildman–Crippen LogP) is 3.06. The smallest absolute Gasteiger partial charge is 0.227 e. The molecule has 1 N–H and O–H groups in total. The zero-order chi connectivity index (χ0) is 16.5. The standard InChI is InChI=1S/C18H27ClN2O2/c1-2-4-17(15-5-7-16(19)8-6-15)18(22)20-9-3-10-21-11-13-23-14-12-21/h5-8,17H,2-4,9-14H2,1H3,(H,20,22). The van der Waals surface area contributed by atoms with Crippen molar-refractivity contribution in [2.75, 3.05) is 39.4 Å². The number of ether oxygens (including phenoxy) is 1. The maximum atomic E-state index is 12.5. The molecule has 1 aromatic carbocycles. The number of amides is 1. The lowest BCUT2D eigenvalue weighted by atomic mass is 9.93. The van der Waals surface area contributed by atoms with Crippen LogP contribution in [0.4, 0.5) is 0 Å². The van der Waals surface area contributed by atoms with Crippen LogP contribution in [0.2, 0.25) is 5.02 Å². The molecule has 5 heteroatoms. The third kappa shape index (κ3) is 6.13. The van der Waals surface area contributed by atoms with E-state index >= 15 is 0 Å². The summed E-state index contributed by atoms with van der Waals surface area (Å²) in [5.74, 6) is 0.0387. The second-order valence-electron chi connectivity index (χ2n) is 5.99. The average Bonchev–Trinajstić information content (AvgIpc) is 2.58. The van der Waals surface area contributed by atoms with Gasteiger partial charge in [0.15, 0.2) is 0 Å². The van der Waals surface area contributed by atoms with Crippen LogP contribution >= 0.6 is 11.6 Å². The van der Waals surface area contributed by atoms with Crippen LogP contribution in [0.25, 0.3) is 0 Å². The van der Waals surface area contributed by atoms with E-state index in [0.717, 1.165) is 64.2 Å². The maximum Gasteiger partial charge on any atom is 0.227 e. The summed E-state index contributed by atoms with van der Waals surface area (Å²) in [6, 6.07) is 7.61. The highest BCUT2D eigenvalue weighted by Crippen LogP contribution is 2.23. The molecule has 2 rings (SSSR count). The van der Waals surface area contributed by atoms with Gasteiger partial charge in [0, 0.05) is 24.7 Å². The highest BCUT2D eigenvalue weighted by molar-refractivity contribution is 6.30. The van der Waals surface area contributed by atoms with Crippen molar-refractivity contribution in [3.05, 3.63) is 34.9 Å². The molecule has 1 fully saturated rings. The van der Waals surface area contributed by atoms with E-state index in [-0.39, 0.29) is 11.8 Å². The molecule has 0 radical (unpaired) electrons. The quantitative estimate of drug-likeness (QED) is 0.741. The van der Waals surface area contributed by atoms with E-state index < -0.39 is 0 Å². The van der Waals surface area contributed by atoms with Gasteiger partial charge in [-0.3, -0.25) is 9.69 Å². The van der Waals surface area contributed by atoms with Gasteiger partial charge in [-0.05, 0) is 37.1 Å². The van der Waals surface area contributed by atoms with Gasteiger partial charge in [0.1, 0.15) is 0 Å². The number of halogens is 1. The van der Waals surface area contributed by atoms with Crippen LogP contribution in [-0.4, -0.2) is 50.2 Å². The second kappa shape index (κ2) is 9.91. The zero-order valence-electron chi connectivity index (χ0n) is 13.9. The van der Waals surface area contributed by atoms with Crippen molar-refractivity contribution < 1.29 is 9.53 Å². The molecule has 1 aromatic rings. The first kappa shape index (κ1) is 18.2. The van der Waals surface area contributed by atoms with Crippen LogP contribution in [-0.2, 0) is 9.53 Å². The van der Waals surface area contributed by atoms with Crippen molar-refractivity contribution >= 4 is 17.5 Å². The third-order valence-corrected chi connectivity index (χ3v) is 4.47. The fraction of sp³-hybridized carbons (Fsp3) is 0.611. The van der Waals surface area contributed by atoms with E-state index in [9.17, 15) is 4.79 Å². The molecule has 4 nitrogen and oxygen atoms in total. The first-order valence-corrected chi connectivity index (χ1v) is 8.91. The van der Waals surface area contributed by atoms with Crippen LogP contribution < -0.4 is 5.32 Å². The molecule has 0 saturated carbocycles. The molecule has 1 aliphatic heterocycles. The molecule has 1 amide bonds. The Kier molecular flexibility index (Phi) is 7.86. The predicted molar refractivity (Wildman–Crippen MR) is 94.0 cm³/mol. The number of nitrogens with zero attached hydrogens (tertiary/aromatic N) is 1. The van der Waals surface area contributed by atoms with Gasteiger partial charge < -0.3 is 10.1 Å². The Hall–Kier alpha value is -1.10. The van der Waals surface area contributed by atoms with Crippen LogP contribution in [0.3, 0.4) is 0 Å². The highest BCUT2D eigenvalue weighted by Gasteiger charge is 2.19. The molecule has 0 bridgehead atoms. The molecule has 1 atom stereocenters. The molecule has 0 spiro atoms. The Bertz CT molecular complexity index is 472. The fourth-order valence-electron chi connectivity index (χ4n) is 2.90. The summed E-state index contributed by atoms with van der Waals surface area (Å²) in [4.78, 5) is 14.9. The minimum Gasteiger partial charge on any atom is -0.379 e. The van der Waals surface area contributed by atoms with Gasteiger partial charge in [-0.15, -0.1) is 0 Å². The van der Waals surface area contributed by atoms with Gasteiger partial charge in [-0.25, -0.2) is 0 Å². The number of carbonyl (C=O) groups excluding carboxylic acids is 1. The van der Waals surface area contributed by atoms with Gasteiger partial charge in [0.2, 0.25) is 5.91 Å². The number of morpholine rings is 1. The summed E-state index contributed by atoms with van der Waals surface area (Å²) < 4.78 is 5.34. The Morgan fingerprint density at radius 2 is 2.00 bits per heavy atom. The average molecular weight is 339 g/mol. The summed E-state index contributed by atoms with van der Waals surface area (Å²) in [5.41, 5.74) is 1.04. The normalized spacial score (nSPS) is 17.0. The van der Waals surface area contributed by atoms with Crippen molar-refractivity contribution in [1.82, 2.24) is 10.2 Å². The molecule has 23 heavy (non-hydrogen) atoms. The van der Waals surface area contributed by atoms with Crippen molar-refractivity contribution in [2.45, 2.75) is 32.1 Å². The summed E-state index contributed by atoms with van der Waals surface area (Å²) in [6.07, 6.45) is 2.82. The molecular weight excluding hydrogens is 312 g/mol. The van der Waals surface area contributed by atoms with E-state index in [4.69, 9.17) is 16.3 Å². The van der Waals surface area contributed by atoms with Gasteiger partial charge >= 0.3 is 0 Å². The van der Waals surface area contributed by atoms with E-state index in [1.807, 2.05) is 24.3 Å². The SMILES string of the molecule is CCCC(C(=O)NCCCN1CCOCC1)c1ccc(Cl)cc1. The number of nitrogens with one attached hydrogen (secondary N) is 1. The maximum absolute atomic E-state index is 12.5. The lowest BCUT2D eigenvalue weighted by Crippen LogP contribution is -2.38. The monoisotopic (exact) mass is 338 g/mol. The molecule has 1 saturated heterocycles. The summed E-state index contributed by atoms with van der Waals surface area (Å²) in [7, 11) is 0. The number of hydrogen-bond donors (Lipinski definition) is 1. The topological polar surface area (TPSA) is 41.6 Å². The van der Waals surface area contributed by atoms with E-state index in [1.165, 1.54) is 0 Å². The van der Waals surface area contributed by atoms with Crippen LogP contribution in [0, 0.1) is 0 Å². The highest BCUT2D eigenvalue weighted by atomic mass is 35.5. The van der Waals surface area contributed by atoms with Gasteiger partial charge in [-0.2, -0.15) is 0 Å². The van der Waals surface area contributed by atoms with Gasteiger partial charge in [0.05, 0.1) is 19.1 Å². The largest absolute Gasteiger partial charge is 0.379 e. The van der Waals surface area contributed by atoms with E-state index in [0.29, 0.717) is 5.02 Å². The lowest BCUT2D eigenvalue weighted by molar-refractivity contribution is -0.122. The van der Waals surface area contributed by atoms with E-state index in [1.54, 1.807) is 0 Å². The summed E-state index contributed by atoms with van der Waals surface area (Å²) >= 11 is 5.94. The van der Waals surface area contributed by atoms with Crippen molar-refractivity contribution in [3.8, 4) is 0 Å². The molecule has 1 heterocycles. The minimum absolute atomic E-state index is 0.0827. The molecule has 1 aliphatic rings. The Labute approximate surface area is 144 Å². The zero-order valence-corrected chi connectivity index (χ0v) is 14.6. The summed E-state index contributed by atoms with van der Waals surface area (Å²) in [5, 5.41) is 3.79.